The first-order chi connectivity index (χ1) is 10.2. The molecule has 3 nitrogen and oxygen atoms in total. The number of anilines is 1. The normalized spacial score (nSPS) is 13.0. The average molecular weight is 304 g/mol. The minimum absolute atomic E-state index is 0.447. The zero-order valence-corrected chi connectivity index (χ0v) is 12.5. The fourth-order valence-electron chi connectivity index (χ4n) is 2.60. The molecular weight excluding hydrogens is 286 g/mol. The quantitative estimate of drug-likeness (QED) is 0.673. The number of nitrogens with two attached hydrogens (primary N) is 1. The van der Waals surface area contributed by atoms with Gasteiger partial charge in [0.2, 0.25) is 0 Å². The molecule has 110 valence electrons. The van der Waals surface area contributed by atoms with E-state index < -0.39 is 0 Å². The highest BCUT2D eigenvalue weighted by molar-refractivity contribution is 6.30. The maximum Gasteiger partial charge on any atom is 0.142 e. The molecule has 1 aliphatic carbocycles. The predicted octanol–water partition coefficient (Wildman–Crippen LogP) is 3.87. The van der Waals surface area contributed by atoms with E-state index in [9.17, 15) is 0 Å². The largest absolute Gasteiger partial charge is 0.490 e. The van der Waals surface area contributed by atoms with Gasteiger partial charge in [0.15, 0.2) is 0 Å². The van der Waals surface area contributed by atoms with Crippen molar-refractivity contribution >= 4 is 17.3 Å². The summed E-state index contributed by atoms with van der Waals surface area (Å²) in [6.07, 6.45) is 3.59. The molecule has 0 atom stereocenters. The monoisotopic (exact) mass is 303 g/mol. The maximum atomic E-state index is 5.84. The highest BCUT2D eigenvalue weighted by Gasteiger charge is 2.11. The third kappa shape index (κ3) is 3.42. The Hall–Kier alpha value is -1.87. The Kier molecular flexibility index (Phi) is 4.20. The lowest BCUT2D eigenvalue weighted by Gasteiger charge is -2.11. The highest BCUT2D eigenvalue weighted by Crippen LogP contribution is 2.26. The Morgan fingerprint density at radius 1 is 0.952 bits per heavy atom. The third-order valence-corrected chi connectivity index (χ3v) is 3.89. The van der Waals surface area contributed by atoms with Crippen LogP contribution in [-0.2, 0) is 12.8 Å². The second-order valence-corrected chi connectivity index (χ2v) is 5.60. The van der Waals surface area contributed by atoms with Crippen LogP contribution in [0.2, 0.25) is 5.02 Å². The molecule has 0 aliphatic heterocycles. The summed E-state index contributed by atoms with van der Waals surface area (Å²) >= 11 is 5.84. The zero-order valence-electron chi connectivity index (χ0n) is 11.8. The van der Waals surface area contributed by atoms with E-state index in [4.69, 9.17) is 26.8 Å². The van der Waals surface area contributed by atoms with Crippen molar-refractivity contribution in [1.82, 2.24) is 0 Å². The van der Waals surface area contributed by atoms with Crippen molar-refractivity contribution in [1.29, 1.82) is 0 Å². The Morgan fingerprint density at radius 3 is 2.62 bits per heavy atom. The zero-order chi connectivity index (χ0) is 14.7. The van der Waals surface area contributed by atoms with E-state index in [0.717, 1.165) is 12.2 Å². The topological polar surface area (TPSA) is 44.5 Å². The standard InChI is InChI=1S/C17H18ClNO2/c18-14-5-7-17(16(19)11-14)21-9-8-20-15-6-4-12-2-1-3-13(12)10-15/h4-7,10-11H,1-3,8-9,19H2. The second kappa shape index (κ2) is 6.27. The summed E-state index contributed by atoms with van der Waals surface area (Å²) in [6.45, 7) is 0.934. The van der Waals surface area contributed by atoms with Crippen LogP contribution in [0, 0.1) is 0 Å². The molecule has 0 radical (unpaired) electrons. The minimum atomic E-state index is 0.447. The summed E-state index contributed by atoms with van der Waals surface area (Å²) in [6, 6.07) is 11.5. The second-order valence-electron chi connectivity index (χ2n) is 5.16. The van der Waals surface area contributed by atoms with Gasteiger partial charge in [-0.1, -0.05) is 17.7 Å². The molecule has 0 bridgehead atoms. The van der Waals surface area contributed by atoms with Crippen LogP contribution in [0.3, 0.4) is 0 Å². The molecule has 2 aromatic carbocycles. The van der Waals surface area contributed by atoms with Crippen LogP contribution in [0.1, 0.15) is 17.5 Å². The van der Waals surface area contributed by atoms with Crippen LogP contribution >= 0.6 is 11.6 Å². The number of rotatable bonds is 5. The molecule has 2 N–H and O–H groups in total. The van der Waals surface area contributed by atoms with Crippen molar-refractivity contribution < 1.29 is 9.47 Å². The van der Waals surface area contributed by atoms with Crippen LogP contribution in [0.25, 0.3) is 0 Å². The van der Waals surface area contributed by atoms with Gasteiger partial charge in [-0.15, -0.1) is 0 Å². The lowest BCUT2D eigenvalue weighted by Crippen LogP contribution is -2.10. The molecule has 4 heteroatoms. The number of fused-ring (bicyclic) bond motifs is 1. The summed E-state index contributed by atoms with van der Waals surface area (Å²) in [5.74, 6) is 1.54. The van der Waals surface area contributed by atoms with Crippen LogP contribution in [-0.4, -0.2) is 13.2 Å². The molecule has 0 aromatic heterocycles. The number of aryl methyl sites for hydroxylation is 2. The number of nitrogen functional groups attached to an aromatic ring is 1. The van der Waals surface area contributed by atoms with E-state index in [1.807, 2.05) is 6.07 Å². The minimum Gasteiger partial charge on any atom is -0.490 e. The SMILES string of the molecule is Nc1cc(Cl)ccc1OCCOc1ccc2c(c1)CCC2. The molecule has 21 heavy (non-hydrogen) atoms. The number of benzene rings is 2. The van der Waals surface area contributed by atoms with Gasteiger partial charge in [-0.2, -0.15) is 0 Å². The molecule has 0 amide bonds. The number of ether oxygens (including phenoxy) is 2. The Labute approximate surface area is 129 Å². The fraction of sp³-hybridized carbons (Fsp3) is 0.294. The summed E-state index contributed by atoms with van der Waals surface area (Å²) in [5, 5.41) is 0.606. The van der Waals surface area contributed by atoms with Crippen molar-refractivity contribution in [2.75, 3.05) is 18.9 Å². The van der Waals surface area contributed by atoms with Crippen molar-refractivity contribution in [3.05, 3.63) is 52.5 Å². The van der Waals surface area contributed by atoms with E-state index in [0.29, 0.717) is 29.7 Å². The molecule has 0 heterocycles. The van der Waals surface area contributed by atoms with Gasteiger partial charge in [0, 0.05) is 5.02 Å². The summed E-state index contributed by atoms with van der Waals surface area (Å²) in [4.78, 5) is 0. The molecule has 3 rings (SSSR count). The van der Waals surface area contributed by atoms with Gasteiger partial charge in [0.05, 0.1) is 5.69 Å². The number of hydrogen-bond donors (Lipinski definition) is 1. The van der Waals surface area contributed by atoms with E-state index >= 15 is 0 Å². The summed E-state index contributed by atoms with van der Waals surface area (Å²) in [5.41, 5.74) is 9.23. The molecule has 1 aliphatic rings. The van der Waals surface area contributed by atoms with Crippen molar-refractivity contribution in [2.24, 2.45) is 0 Å². The van der Waals surface area contributed by atoms with Gasteiger partial charge in [0.25, 0.3) is 0 Å². The molecule has 0 unspecified atom stereocenters. The highest BCUT2D eigenvalue weighted by atomic mass is 35.5. The Bertz CT molecular complexity index is 643. The fourth-order valence-corrected chi connectivity index (χ4v) is 2.78. The number of hydrogen-bond acceptors (Lipinski definition) is 3. The van der Waals surface area contributed by atoms with Crippen molar-refractivity contribution in [2.45, 2.75) is 19.3 Å². The first-order valence-electron chi connectivity index (χ1n) is 7.15. The van der Waals surface area contributed by atoms with Gasteiger partial charge in [-0.3, -0.25) is 0 Å². The van der Waals surface area contributed by atoms with Gasteiger partial charge in [0.1, 0.15) is 24.7 Å². The first-order valence-corrected chi connectivity index (χ1v) is 7.52. The van der Waals surface area contributed by atoms with E-state index in [1.165, 1.54) is 24.0 Å². The Balaban J connectivity index is 1.50. The van der Waals surface area contributed by atoms with Crippen LogP contribution in [0.5, 0.6) is 11.5 Å². The van der Waals surface area contributed by atoms with Crippen LogP contribution in [0.15, 0.2) is 36.4 Å². The van der Waals surface area contributed by atoms with Crippen molar-refractivity contribution in [3.8, 4) is 11.5 Å². The summed E-state index contributed by atoms with van der Waals surface area (Å²) in [7, 11) is 0. The Morgan fingerprint density at radius 2 is 1.76 bits per heavy atom. The predicted molar refractivity (Wildman–Crippen MR) is 85.3 cm³/mol. The lowest BCUT2D eigenvalue weighted by atomic mass is 10.1. The summed E-state index contributed by atoms with van der Waals surface area (Å²) < 4.78 is 11.3. The third-order valence-electron chi connectivity index (χ3n) is 3.65. The van der Waals surface area contributed by atoms with Gasteiger partial charge in [-0.05, 0) is 60.7 Å². The molecule has 0 saturated heterocycles. The van der Waals surface area contributed by atoms with Crippen molar-refractivity contribution in [3.63, 3.8) is 0 Å². The average Bonchev–Trinajstić information content (AvgIpc) is 2.93. The molecule has 0 fully saturated rings. The first kappa shape index (κ1) is 14.1. The molecule has 0 spiro atoms. The number of halogens is 1. The van der Waals surface area contributed by atoms with E-state index in [1.54, 1.807) is 18.2 Å². The van der Waals surface area contributed by atoms with E-state index in [2.05, 4.69) is 12.1 Å². The maximum absolute atomic E-state index is 5.84. The lowest BCUT2D eigenvalue weighted by molar-refractivity contribution is 0.218. The smallest absolute Gasteiger partial charge is 0.142 e. The molecular formula is C17H18ClNO2. The van der Waals surface area contributed by atoms with Gasteiger partial charge >= 0.3 is 0 Å². The van der Waals surface area contributed by atoms with Gasteiger partial charge < -0.3 is 15.2 Å². The van der Waals surface area contributed by atoms with Crippen LogP contribution < -0.4 is 15.2 Å². The van der Waals surface area contributed by atoms with Gasteiger partial charge in [-0.25, -0.2) is 0 Å². The molecule has 2 aromatic rings. The van der Waals surface area contributed by atoms with Crippen LogP contribution in [0.4, 0.5) is 5.69 Å². The van der Waals surface area contributed by atoms with E-state index in [-0.39, 0.29) is 0 Å². The molecule has 0 saturated carbocycles.